The second-order valence-corrected chi connectivity index (χ2v) is 19.5. The molecule has 324 valence electrons. The van der Waals surface area contributed by atoms with E-state index < -0.39 is 31.4 Å². The van der Waals surface area contributed by atoms with Gasteiger partial charge in [-0.15, -0.1) is 0 Å². The average Bonchev–Trinajstić information content (AvgIpc) is 3.75. The number of piperazine rings is 1. The molecule has 2 saturated heterocycles. The van der Waals surface area contributed by atoms with Crippen molar-refractivity contribution < 1.29 is 22.9 Å². The third kappa shape index (κ3) is 9.73. The van der Waals surface area contributed by atoms with Crippen molar-refractivity contribution in [1.82, 2.24) is 19.6 Å². The van der Waals surface area contributed by atoms with Gasteiger partial charge in [0.1, 0.15) is 11.3 Å². The number of fused-ring (bicyclic) bond motifs is 1. The lowest BCUT2D eigenvalue weighted by molar-refractivity contribution is -0.384. The van der Waals surface area contributed by atoms with Crippen molar-refractivity contribution in [3.63, 3.8) is 0 Å². The van der Waals surface area contributed by atoms with Crippen molar-refractivity contribution in [3.05, 3.63) is 135 Å². The normalized spacial score (nSPS) is 17.6. The number of benzene rings is 3. The summed E-state index contributed by atoms with van der Waals surface area (Å²) >= 11 is 6.25. The number of aromatic nitrogens is 2. The second-order valence-electron chi connectivity index (χ2n) is 17.3. The third-order valence-corrected chi connectivity index (χ3v) is 14.1. The molecule has 0 unspecified atom stereocenters. The lowest BCUT2D eigenvalue weighted by Gasteiger charge is -2.39. The number of pyridine rings is 1. The Bertz CT molecular complexity index is 2650. The Morgan fingerprint density at radius 2 is 1.77 bits per heavy atom. The zero-order chi connectivity index (χ0) is 43.6. The highest BCUT2D eigenvalue weighted by molar-refractivity contribution is 7.90. The minimum atomic E-state index is -4.54. The van der Waals surface area contributed by atoms with Crippen LogP contribution in [0.4, 0.5) is 17.1 Å². The van der Waals surface area contributed by atoms with Gasteiger partial charge in [-0.05, 0) is 120 Å². The summed E-state index contributed by atoms with van der Waals surface area (Å²) in [5, 5.41) is 16.8. The maximum atomic E-state index is 14.1. The van der Waals surface area contributed by atoms with Gasteiger partial charge in [0.05, 0.1) is 9.82 Å². The Hall–Kier alpha value is -5.54. The number of nitrogens with one attached hydrogen (secondary N) is 3. The van der Waals surface area contributed by atoms with E-state index in [0.29, 0.717) is 42.1 Å². The molecule has 8 rings (SSSR count). The smallest absolute Gasteiger partial charge is 0.293 e. The lowest BCUT2D eigenvalue weighted by atomic mass is 9.72. The van der Waals surface area contributed by atoms with Gasteiger partial charge in [0.15, 0.2) is 0 Å². The van der Waals surface area contributed by atoms with E-state index in [0.717, 1.165) is 87.0 Å². The van der Waals surface area contributed by atoms with Crippen molar-refractivity contribution in [3.8, 4) is 0 Å². The molecule has 4 heterocycles. The van der Waals surface area contributed by atoms with Crippen LogP contribution in [0.3, 0.4) is 0 Å². The van der Waals surface area contributed by atoms with Gasteiger partial charge in [-0.3, -0.25) is 19.8 Å². The molecule has 0 atom stereocenters. The Morgan fingerprint density at radius 3 is 2.52 bits per heavy atom. The molecule has 0 radical (unpaired) electrons. The molecule has 2 fully saturated rings. The zero-order valence-corrected chi connectivity index (χ0v) is 36.7. The quantitative estimate of drug-likeness (QED) is 0.0769. The molecule has 0 saturated carbocycles. The SMILES string of the molecule is C=C(c1cnc2[nH]ccc2c1)c1cc(N2CCN(CC3=C(c4ccc(Cl)cc4)CC(C)(C)CC3)CC2)ccc1C(=O)NS(=O)(=O)c1ccc(NCC2CCOCC2)c([N+](=O)[O-])c1. The Kier molecular flexibility index (Phi) is 12.6. The van der Waals surface area contributed by atoms with Gasteiger partial charge >= 0.3 is 0 Å². The molecule has 3 aromatic carbocycles. The molecule has 3 N–H and O–H groups in total. The number of rotatable bonds is 13. The molecule has 15 heteroatoms. The van der Waals surface area contributed by atoms with Crippen molar-refractivity contribution in [2.45, 2.75) is 50.8 Å². The van der Waals surface area contributed by atoms with E-state index in [2.05, 4.69) is 62.4 Å². The fourth-order valence-electron chi connectivity index (χ4n) is 8.75. The van der Waals surface area contributed by atoms with Gasteiger partial charge in [-0.1, -0.05) is 49.7 Å². The molecule has 1 amide bonds. The minimum absolute atomic E-state index is 0.0845. The number of amides is 1. The van der Waals surface area contributed by atoms with E-state index >= 15 is 0 Å². The van der Waals surface area contributed by atoms with Crippen LogP contribution in [0.25, 0.3) is 22.2 Å². The number of nitro benzene ring substituents is 1. The summed E-state index contributed by atoms with van der Waals surface area (Å²) < 4.78 is 35.1. The molecule has 0 bridgehead atoms. The predicted molar refractivity (Wildman–Crippen MR) is 245 cm³/mol. The highest BCUT2D eigenvalue weighted by Gasteiger charge is 2.31. The van der Waals surface area contributed by atoms with Crippen LogP contribution >= 0.6 is 11.6 Å². The Balaban J connectivity index is 1.02. The molecule has 1 aliphatic carbocycles. The number of carbonyl (C=O) groups is 1. The van der Waals surface area contributed by atoms with Gasteiger partial charge < -0.3 is 19.9 Å². The number of nitrogens with zero attached hydrogens (tertiary/aromatic N) is 4. The molecule has 13 nitrogen and oxygen atoms in total. The minimum Gasteiger partial charge on any atom is -0.381 e. The van der Waals surface area contributed by atoms with E-state index in [-0.39, 0.29) is 22.6 Å². The summed E-state index contributed by atoms with van der Waals surface area (Å²) in [6, 6.07) is 20.9. The fourth-order valence-corrected chi connectivity index (χ4v) is 9.87. The molecular weight excluding hydrogens is 826 g/mol. The first-order chi connectivity index (χ1) is 29.7. The van der Waals surface area contributed by atoms with Crippen molar-refractivity contribution in [2.75, 3.05) is 62.7 Å². The molecule has 2 aliphatic heterocycles. The van der Waals surface area contributed by atoms with Crippen LogP contribution in [0, 0.1) is 21.4 Å². The third-order valence-electron chi connectivity index (χ3n) is 12.5. The number of sulfonamides is 1. The number of halogens is 1. The van der Waals surface area contributed by atoms with Crippen molar-refractivity contribution >= 4 is 66.8 Å². The summed E-state index contributed by atoms with van der Waals surface area (Å²) in [7, 11) is -4.54. The van der Waals surface area contributed by atoms with Gasteiger partial charge in [0.25, 0.3) is 21.6 Å². The van der Waals surface area contributed by atoms with Crippen LogP contribution in [0.1, 0.15) is 73.0 Å². The van der Waals surface area contributed by atoms with Gasteiger partial charge in [0.2, 0.25) is 0 Å². The molecular formula is C47H52ClN7O6S. The largest absolute Gasteiger partial charge is 0.381 e. The molecule has 3 aliphatic rings. The number of anilines is 2. The highest BCUT2D eigenvalue weighted by atomic mass is 35.5. The molecule has 5 aromatic rings. The van der Waals surface area contributed by atoms with Crippen LogP contribution in [0.2, 0.25) is 5.02 Å². The lowest BCUT2D eigenvalue weighted by Crippen LogP contribution is -2.47. The number of hydrogen-bond donors (Lipinski definition) is 3. The van der Waals surface area contributed by atoms with Crippen LogP contribution in [0.15, 0.2) is 102 Å². The van der Waals surface area contributed by atoms with Crippen LogP contribution < -0.4 is 14.9 Å². The summed E-state index contributed by atoms with van der Waals surface area (Å²) in [5.74, 6) is -0.614. The average molecular weight is 878 g/mol. The number of ether oxygens (including phenoxy) is 1. The second kappa shape index (κ2) is 18.1. The maximum absolute atomic E-state index is 14.1. The number of allylic oxidation sites excluding steroid dienone is 1. The first kappa shape index (κ1) is 43.1. The van der Waals surface area contributed by atoms with E-state index in [1.807, 2.05) is 36.4 Å². The molecule has 0 spiro atoms. The highest BCUT2D eigenvalue weighted by Crippen LogP contribution is 2.43. The van der Waals surface area contributed by atoms with E-state index in [1.54, 1.807) is 18.5 Å². The standard InChI is InChI=1S/C47H52ClN7O6S/c1-31(36-24-34-13-17-49-45(34)51-29-36)41-25-38(54-20-18-53(19-21-54)30-35-12-16-47(2,3)27-42(35)33-4-6-37(48)7-5-33)8-10-40(41)46(56)52-62(59,60)39-9-11-43(44(26-39)55(57)58)50-28-32-14-22-61-23-15-32/h4-11,13,17,24-26,29,32,50H,1,12,14-16,18-23,27-28,30H2,2-3H3,(H,49,51)(H,52,56). The summed E-state index contributed by atoms with van der Waals surface area (Å²) in [6.07, 6.45) is 8.32. The summed E-state index contributed by atoms with van der Waals surface area (Å²) in [4.78, 5) is 37.6. The Labute approximate surface area is 367 Å². The monoisotopic (exact) mass is 877 g/mol. The van der Waals surface area contributed by atoms with E-state index in [4.69, 9.17) is 16.3 Å². The van der Waals surface area contributed by atoms with E-state index in [1.165, 1.54) is 28.8 Å². The van der Waals surface area contributed by atoms with Crippen molar-refractivity contribution in [1.29, 1.82) is 0 Å². The predicted octanol–water partition coefficient (Wildman–Crippen LogP) is 8.93. The number of hydrogen-bond acceptors (Lipinski definition) is 10. The number of H-pyrrole nitrogens is 1. The van der Waals surface area contributed by atoms with Crippen LogP contribution in [-0.2, 0) is 14.8 Å². The zero-order valence-electron chi connectivity index (χ0n) is 35.1. The molecule has 62 heavy (non-hydrogen) atoms. The first-order valence-corrected chi connectivity index (χ1v) is 23.0. The summed E-state index contributed by atoms with van der Waals surface area (Å²) in [6.45, 7) is 14.9. The first-order valence-electron chi connectivity index (χ1n) is 21.1. The van der Waals surface area contributed by atoms with Gasteiger partial charge in [-0.25, -0.2) is 18.1 Å². The number of nitro groups is 1. The van der Waals surface area contributed by atoms with E-state index in [9.17, 15) is 23.3 Å². The maximum Gasteiger partial charge on any atom is 0.293 e. The fraction of sp³-hybridized carbons (Fsp3) is 0.362. The topological polar surface area (TPSA) is 163 Å². The number of aromatic amines is 1. The van der Waals surface area contributed by atoms with Crippen LogP contribution in [0.5, 0.6) is 0 Å². The number of carbonyl (C=O) groups excluding carboxylic acids is 1. The van der Waals surface area contributed by atoms with Crippen LogP contribution in [-0.4, -0.2) is 86.6 Å². The van der Waals surface area contributed by atoms with Gasteiger partial charge in [0, 0.05) is 98.2 Å². The Morgan fingerprint density at radius 1 is 1.02 bits per heavy atom. The van der Waals surface area contributed by atoms with Gasteiger partial charge in [-0.2, -0.15) is 0 Å². The van der Waals surface area contributed by atoms with Crippen molar-refractivity contribution in [2.24, 2.45) is 11.3 Å². The molecule has 2 aromatic heterocycles. The summed E-state index contributed by atoms with van der Waals surface area (Å²) in [5.41, 5.74) is 7.40.